The van der Waals surface area contributed by atoms with Gasteiger partial charge in [-0.15, -0.1) is 0 Å². The van der Waals surface area contributed by atoms with Gasteiger partial charge in [-0.2, -0.15) is 5.10 Å². The molecule has 156 valence electrons. The summed E-state index contributed by atoms with van der Waals surface area (Å²) in [6.07, 6.45) is 5.27. The summed E-state index contributed by atoms with van der Waals surface area (Å²) in [6.45, 7) is 4.39. The smallest absolute Gasteiger partial charge is 0.249 e. The molecule has 1 aromatic carbocycles. The van der Waals surface area contributed by atoms with Crippen molar-refractivity contribution in [2.45, 2.75) is 39.3 Å². The van der Waals surface area contributed by atoms with Crippen molar-refractivity contribution in [3.8, 4) is 0 Å². The lowest BCUT2D eigenvalue weighted by molar-refractivity contribution is -0.119. The summed E-state index contributed by atoms with van der Waals surface area (Å²) < 4.78 is 14.9. The number of aromatic nitrogens is 4. The molecule has 3 heterocycles. The van der Waals surface area contributed by atoms with Gasteiger partial charge in [0.2, 0.25) is 5.91 Å². The molecule has 0 aliphatic carbocycles. The third-order valence-electron chi connectivity index (χ3n) is 5.61. The molecule has 0 saturated carbocycles. The molecular weight excluding hydrogens is 383 g/mol. The summed E-state index contributed by atoms with van der Waals surface area (Å²) in [4.78, 5) is 25.3. The predicted octanol–water partition coefficient (Wildman–Crippen LogP) is 2.76. The molecule has 3 aromatic rings. The molecule has 0 unspecified atom stereocenters. The maximum Gasteiger partial charge on any atom is 0.249 e. The second-order valence-corrected chi connectivity index (χ2v) is 7.75. The Kier molecular flexibility index (Phi) is 5.24. The van der Waals surface area contributed by atoms with Crippen LogP contribution >= 0.6 is 0 Å². The maximum absolute atomic E-state index is 13.1. The fourth-order valence-corrected chi connectivity index (χ4v) is 3.75. The first-order valence-corrected chi connectivity index (χ1v) is 9.97. The Morgan fingerprint density at radius 3 is 2.53 bits per heavy atom. The summed E-state index contributed by atoms with van der Waals surface area (Å²) in [5, 5.41) is 4.40. The SMILES string of the molecule is Cc1nc(CCc2cnn(Cc3ccc(F)cc3)c2)nc2c1N(C)C(=O)[C@@H](C)N2C. The van der Waals surface area contributed by atoms with E-state index in [-0.39, 0.29) is 17.8 Å². The maximum atomic E-state index is 13.1. The van der Waals surface area contributed by atoms with Crippen molar-refractivity contribution in [2.24, 2.45) is 0 Å². The van der Waals surface area contributed by atoms with Crippen LogP contribution in [0, 0.1) is 12.7 Å². The Hall–Kier alpha value is -3.29. The van der Waals surface area contributed by atoms with Crippen LogP contribution in [0.5, 0.6) is 0 Å². The van der Waals surface area contributed by atoms with Crippen LogP contribution in [-0.2, 0) is 24.2 Å². The molecule has 4 rings (SSSR count). The van der Waals surface area contributed by atoms with Gasteiger partial charge in [-0.25, -0.2) is 14.4 Å². The van der Waals surface area contributed by atoms with Gasteiger partial charge in [0.25, 0.3) is 0 Å². The van der Waals surface area contributed by atoms with Gasteiger partial charge in [0.15, 0.2) is 5.82 Å². The van der Waals surface area contributed by atoms with Gasteiger partial charge in [0.05, 0.1) is 18.4 Å². The summed E-state index contributed by atoms with van der Waals surface area (Å²) in [5.74, 6) is 1.34. The number of aryl methyl sites for hydroxylation is 3. The number of halogens is 1. The molecule has 0 bridgehead atoms. The molecule has 1 amide bonds. The van der Waals surface area contributed by atoms with Crippen molar-refractivity contribution >= 4 is 17.4 Å². The number of hydrogen-bond acceptors (Lipinski definition) is 5. The van der Waals surface area contributed by atoms with Gasteiger partial charge in [0.1, 0.15) is 23.4 Å². The minimum absolute atomic E-state index is 0.0398. The number of carbonyl (C=O) groups excluding carboxylic acids is 1. The largest absolute Gasteiger partial charge is 0.346 e. The van der Waals surface area contributed by atoms with E-state index in [0.717, 1.165) is 40.6 Å². The highest BCUT2D eigenvalue weighted by Gasteiger charge is 2.34. The van der Waals surface area contributed by atoms with Crippen LogP contribution in [0.15, 0.2) is 36.7 Å². The van der Waals surface area contributed by atoms with Gasteiger partial charge in [-0.3, -0.25) is 9.48 Å². The number of amides is 1. The molecule has 7 nitrogen and oxygen atoms in total. The molecule has 0 N–H and O–H groups in total. The van der Waals surface area contributed by atoms with Gasteiger partial charge < -0.3 is 9.80 Å². The Bertz CT molecular complexity index is 1080. The fraction of sp³-hybridized carbons (Fsp3) is 0.364. The number of benzene rings is 1. The van der Waals surface area contributed by atoms with Crippen molar-refractivity contribution in [1.29, 1.82) is 0 Å². The van der Waals surface area contributed by atoms with Crippen molar-refractivity contribution in [2.75, 3.05) is 23.9 Å². The van der Waals surface area contributed by atoms with E-state index in [1.165, 1.54) is 12.1 Å². The predicted molar refractivity (Wildman–Crippen MR) is 113 cm³/mol. The highest BCUT2D eigenvalue weighted by Crippen LogP contribution is 2.34. The van der Waals surface area contributed by atoms with E-state index in [9.17, 15) is 9.18 Å². The molecule has 0 radical (unpaired) electrons. The summed E-state index contributed by atoms with van der Waals surface area (Å²) in [7, 11) is 3.67. The van der Waals surface area contributed by atoms with E-state index in [4.69, 9.17) is 4.98 Å². The third-order valence-corrected chi connectivity index (χ3v) is 5.61. The first-order chi connectivity index (χ1) is 14.3. The van der Waals surface area contributed by atoms with Crippen molar-refractivity contribution in [3.05, 3.63) is 65.1 Å². The van der Waals surface area contributed by atoms with E-state index in [0.29, 0.717) is 13.0 Å². The van der Waals surface area contributed by atoms with Crippen molar-refractivity contribution in [3.63, 3.8) is 0 Å². The molecule has 8 heteroatoms. The van der Waals surface area contributed by atoms with Crippen molar-refractivity contribution < 1.29 is 9.18 Å². The van der Waals surface area contributed by atoms with Gasteiger partial charge in [-0.05, 0) is 43.5 Å². The number of anilines is 2. The second kappa shape index (κ2) is 7.85. The number of fused-ring (bicyclic) bond motifs is 1. The summed E-state index contributed by atoms with van der Waals surface area (Å²) >= 11 is 0. The molecular formula is C22H25FN6O. The number of hydrogen-bond donors (Lipinski definition) is 0. The Morgan fingerprint density at radius 1 is 1.07 bits per heavy atom. The average Bonchev–Trinajstić information content (AvgIpc) is 3.17. The minimum atomic E-state index is -0.255. The van der Waals surface area contributed by atoms with Crippen LogP contribution < -0.4 is 9.80 Å². The highest BCUT2D eigenvalue weighted by molar-refractivity contribution is 6.04. The van der Waals surface area contributed by atoms with Crippen LogP contribution in [0.4, 0.5) is 15.9 Å². The Morgan fingerprint density at radius 2 is 1.80 bits per heavy atom. The first kappa shape index (κ1) is 20.0. The van der Waals surface area contributed by atoms with Crippen LogP contribution in [0.3, 0.4) is 0 Å². The van der Waals surface area contributed by atoms with Gasteiger partial charge >= 0.3 is 0 Å². The average molecular weight is 408 g/mol. The molecule has 1 aliphatic rings. The number of rotatable bonds is 5. The zero-order chi connectivity index (χ0) is 21.4. The molecule has 1 aliphatic heterocycles. The lowest BCUT2D eigenvalue weighted by Crippen LogP contribution is -2.50. The first-order valence-electron chi connectivity index (χ1n) is 9.97. The lowest BCUT2D eigenvalue weighted by atomic mass is 10.1. The molecule has 0 saturated heterocycles. The topological polar surface area (TPSA) is 67.2 Å². The monoisotopic (exact) mass is 408 g/mol. The normalized spacial score (nSPS) is 16.2. The zero-order valence-electron chi connectivity index (χ0n) is 17.6. The molecule has 0 fully saturated rings. The fourth-order valence-electron chi connectivity index (χ4n) is 3.75. The summed E-state index contributed by atoms with van der Waals surface area (Å²) in [6, 6.07) is 6.19. The minimum Gasteiger partial charge on any atom is -0.346 e. The Balaban J connectivity index is 1.47. The van der Waals surface area contributed by atoms with Crippen LogP contribution in [-0.4, -0.2) is 45.8 Å². The highest BCUT2D eigenvalue weighted by atomic mass is 19.1. The second-order valence-electron chi connectivity index (χ2n) is 7.75. The zero-order valence-corrected chi connectivity index (χ0v) is 17.6. The number of nitrogens with zero attached hydrogens (tertiary/aromatic N) is 6. The van der Waals surface area contributed by atoms with Crippen LogP contribution in [0.1, 0.15) is 29.6 Å². The van der Waals surface area contributed by atoms with E-state index in [1.54, 1.807) is 24.1 Å². The number of likely N-dealkylation sites (N-methyl/N-ethyl adjacent to an activating group) is 2. The number of carbonyl (C=O) groups is 1. The Labute approximate surface area is 175 Å². The third kappa shape index (κ3) is 3.77. The van der Waals surface area contributed by atoms with Crippen molar-refractivity contribution in [1.82, 2.24) is 19.7 Å². The molecule has 1 atom stereocenters. The van der Waals surface area contributed by atoms with E-state index >= 15 is 0 Å². The standard InChI is InChI=1S/C22H25FN6O/c1-14-20-21(27(3)15(2)22(30)28(20)4)26-19(25-14)10-7-17-11-24-29(13-17)12-16-5-8-18(23)9-6-16/h5-6,8-9,11,13,15H,7,10,12H2,1-4H3/t15-/m1/s1. The van der Waals surface area contributed by atoms with E-state index in [2.05, 4.69) is 10.1 Å². The van der Waals surface area contributed by atoms with E-state index in [1.807, 2.05) is 42.9 Å². The van der Waals surface area contributed by atoms with E-state index < -0.39 is 0 Å². The van der Waals surface area contributed by atoms with Gasteiger partial charge in [0, 0.05) is 26.7 Å². The lowest BCUT2D eigenvalue weighted by Gasteiger charge is -2.37. The molecule has 30 heavy (non-hydrogen) atoms. The summed E-state index contributed by atoms with van der Waals surface area (Å²) in [5.41, 5.74) is 3.66. The van der Waals surface area contributed by atoms with Gasteiger partial charge in [-0.1, -0.05) is 12.1 Å². The molecule has 0 spiro atoms. The quantitative estimate of drug-likeness (QED) is 0.649. The van der Waals surface area contributed by atoms with Crippen LogP contribution in [0.25, 0.3) is 0 Å². The molecule has 2 aromatic heterocycles. The van der Waals surface area contributed by atoms with Crippen LogP contribution in [0.2, 0.25) is 0 Å².